The summed E-state index contributed by atoms with van der Waals surface area (Å²) in [6, 6.07) is 11.5. The Labute approximate surface area is 116 Å². The van der Waals surface area contributed by atoms with Gasteiger partial charge in [-0.1, -0.05) is 6.07 Å². The van der Waals surface area contributed by atoms with E-state index in [4.69, 9.17) is 9.15 Å². The summed E-state index contributed by atoms with van der Waals surface area (Å²) in [6.07, 6.45) is 2.71. The average Bonchev–Trinajstić information content (AvgIpc) is 3.08. The molecule has 4 heteroatoms. The third-order valence-corrected chi connectivity index (χ3v) is 3.20. The zero-order valence-corrected chi connectivity index (χ0v) is 11.2. The standard InChI is InChI=1S/C16H15NO3/c1-2-19-16-5-3-4-15-14(16)8-9-17(15)10-12-6-7-13(11-18)20-12/h3-9,11H,2,10H2,1H3. The van der Waals surface area contributed by atoms with Crippen molar-refractivity contribution in [3.8, 4) is 5.75 Å². The minimum absolute atomic E-state index is 0.353. The Morgan fingerprint density at radius 2 is 2.15 bits per heavy atom. The molecule has 1 aromatic carbocycles. The number of carbonyl (C=O) groups is 1. The van der Waals surface area contributed by atoms with Crippen LogP contribution >= 0.6 is 0 Å². The SMILES string of the molecule is CCOc1cccc2c1ccn2Cc1ccc(C=O)o1. The molecule has 0 N–H and O–H groups in total. The fourth-order valence-corrected chi connectivity index (χ4v) is 2.33. The van der Waals surface area contributed by atoms with Crippen LogP contribution in [-0.2, 0) is 6.54 Å². The predicted molar refractivity (Wildman–Crippen MR) is 76.3 cm³/mol. The second kappa shape index (κ2) is 5.25. The number of carbonyl (C=O) groups excluding carboxylic acids is 1. The number of aromatic nitrogens is 1. The molecule has 0 radical (unpaired) electrons. The van der Waals surface area contributed by atoms with Gasteiger partial charge in [0, 0.05) is 11.6 Å². The Balaban J connectivity index is 1.96. The van der Waals surface area contributed by atoms with E-state index < -0.39 is 0 Å². The van der Waals surface area contributed by atoms with Crippen LogP contribution in [0.25, 0.3) is 10.9 Å². The first-order chi connectivity index (χ1) is 9.81. The highest BCUT2D eigenvalue weighted by Crippen LogP contribution is 2.27. The molecular weight excluding hydrogens is 254 g/mol. The van der Waals surface area contributed by atoms with Crippen LogP contribution in [0.15, 0.2) is 47.0 Å². The molecule has 2 heterocycles. The van der Waals surface area contributed by atoms with Gasteiger partial charge < -0.3 is 13.7 Å². The lowest BCUT2D eigenvalue weighted by molar-refractivity contribution is 0.109. The molecular formula is C16H15NO3. The summed E-state index contributed by atoms with van der Waals surface area (Å²) in [7, 11) is 0. The van der Waals surface area contributed by atoms with Crippen LogP contribution in [0.4, 0.5) is 0 Å². The third kappa shape index (κ3) is 2.20. The molecule has 0 aliphatic carbocycles. The zero-order valence-electron chi connectivity index (χ0n) is 11.2. The number of furan rings is 1. The minimum atomic E-state index is 0.353. The van der Waals surface area contributed by atoms with E-state index in [1.165, 1.54) is 0 Å². The Morgan fingerprint density at radius 1 is 1.25 bits per heavy atom. The molecule has 0 atom stereocenters. The Kier molecular flexibility index (Phi) is 3.29. The predicted octanol–water partition coefficient (Wildman–Crippen LogP) is 3.49. The van der Waals surface area contributed by atoms with Crippen LogP contribution in [0.5, 0.6) is 5.75 Å². The number of nitrogens with zero attached hydrogens (tertiary/aromatic N) is 1. The molecule has 20 heavy (non-hydrogen) atoms. The lowest BCUT2D eigenvalue weighted by atomic mass is 10.2. The average molecular weight is 269 g/mol. The summed E-state index contributed by atoms with van der Waals surface area (Å²) in [6.45, 7) is 3.21. The van der Waals surface area contributed by atoms with Gasteiger partial charge in [-0.2, -0.15) is 0 Å². The van der Waals surface area contributed by atoms with Crippen molar-refractivity contribution >= 4 is 17.2 Å². The van der Waals surface area contributed by atoms with Crippen LogP contribution in [0.2, 0.25) is 0 Å². The molecule has 102 valence electrons. The number of benzene rings is 1. The Bertz CT molecular complexity index is 739. The maximum Gasteiger partial charge on any atom is 0.185 e. The molecule has 4 nitrogen and oxygen atoms in total. The second-order valence-electron chi connectivity index (χ2n) is 4.49. The summed E-state index contributed by atoms with van der Waals surface area (Å²) in [5.41, 5.74) is 1.08. The smallest absolute Gasteiger partial charge is 0.185 e. The lowest BCUT2D eigenvalue weighted by Gasteiger charge is -2.06. The van der Waals surface area contributed by atoms with E-state index in [1.54, 1.807) is 6.07 Å². The first-order valence-electron chi connectivity index (χ1n) is 6.56. The van der Waals surface area contributed by atoms with Crippen LogP contribution in [0.1, 0.15) is 23.2 Å². The number of rotatable bonds is 5. The maximum atomic E-state index is 10.6. The quantitative estimate of drug-likeness (QED) is 0.666. The van der Waals surface area contributed by atoms with E-state index in [9.17, 15) is 4.79 Å². The first-order valence-corrected chi connectivity index (χ1v) is 6.56. The van der Waals surface area contributed by atoms with Gasteiger partial charge in [0.1, 0.15) is 11.5 Å². The minimum Gasteiger partial charge on any atom is -0.493 e. The molecule has 3 aromatic rings. The van der Waals surface area contributed by atoms with Gasteiger partial charge in [0.05, 0.1) is 18.7 Å². The number of hydrogen-bond donors (Lipinski definition) is 0. The molecule has 2 aromatic heterocycles. The molecule has 3 rings (SSSR count). The van der Waals surface area contributed by atoms with Crippen molar-refractivity contribution in [3.05, 3.63) is 54.1 Å². The molecule has 0 saturated carbocycles. The van der Waals surface area contributed by atoms with Crippen molar-refractivity contribution in [1.82, 2.24) is 4.57 Å². The molecule has 0 aliphatic heterocycles. The van der Waals surface area contributed by atoms with E-state index in [2.05, 4.69) is 4.57 Å². The van der Waals surface area contributed by atoms with Crippen LogP contribution in [0, 0.1) is 0 Å². The van der Waals surface area contributed by atoms with Crippen LogP contribution in [0.3, 0.4) is 0 Å². The van der Waals surface area contributed by atoms with Gasteiger partial charge >= 0.3 is 0 Å². The van der Waals surface area contributed by atoms with Crippen molar-refractivity contribution in [1.29, 1.82) is 0 Å². The molecule has 0 spiro atoms. The second-order valence-corrected chi connectivity index (χ2v) is 4.49. The van der Waals surface area contributed by atoms with E-state index in [0.29, 0.717) is 25.2 Å². The van der Waals surface area contributed by atoms with Crippen molar-refractivity contribution < 1.29 is 13.9 Å². The van der Waals surface area contributed by atoms with Crippen molar-refractivity contribution in [2.24, 2.45) is 0 Å². The van der Waals surface area contributed by atoms with E-state index >= 15 is 0 Å². The number of fused-ring (bicyclic) bond motifs is 1. The topological polar surface area (TPSA) is 44.4 Å². The zero-order chi connectivity index (χ0) is 13.9. The van der Waals surface area contributed by atoms with E-state index in [-0.39, 0.29) is 0 Å². The van der Waals surface area contributed by atoms with Crippen molar-refractivity contribution in [2.45, 2.75) is 13.5 Å². The highest BCUT2D eigenvalue weighted by molar-refractivity contribution is 5.86. The summed E-state index contributed by atoms with van der Waals surface area (Å²) in [4.78, 5) is 10.6. The van der Waals surface area contributed by atoms with Gasteiger partial charge in [-0.3, -0.25) is 4.79 Å². The maximum absolute atomic E-state index is 10.6. The Morgan fingerprint density at radius 3 is 2.90 bits per heavy atom. The van der Waals surface area contributed by atoms with Gasteiger partial charge in [0.25, 0.3) is 0 Å². The summed E-state index contributed by atoms with van der Waals surface area (Å²) in [5.74, 6) is 2.00. The summed E-state index contributed by atoms with van der Waals surface area (Å²) < 4.78 is 13.1. The highest BCUT2D eigenvalue weighted by Gasteiger charge is 2.08. The molecule has 0 amide bonds. The molecule has 0 fully saturated rings. The van der Waals surface area contributed by atoms with Gasteiger partial charge in [0.15, 0.2) is 12.0 Å². The number of hydrogen-bond acceptors (Lipinski definition) is 3. The molecule has 0 unspecified atom stereocenters. The molecule has 0 saturated heterocycles. The number of ether oxygens (including phenoxy) is 1. The number of aldehydes is 1. The monoisotopic (exact) mass is 269 g/mol. The van der Waals surface area contributed by atoms with E-state index in [0.717, 1.165) is 22.4 Å². The fourth-order valence-electron chi connectivity index (χ4n) is 2.33. The third-order valence-electron chi connectivity index (χ3n) is 3.20. The summed E-state index contributed by atoms with van der Waals surface area (Å²) in [5, 5.41) is 1.08. The van der Waals surface area contributed by atoms with Crippen LogP contribution in [-0.4, -0.2) is 17.5 Å². The van der Waals surface area contributed by atoms with Gasteiger partial charge in [0.2, 0.25) is 0 Å². The molecule has 0 bridgehead atoms. The van der Waals surface area contributed by atoms with Crippen molar-refractivity contribution in [2.75, 3.05) is 6.61 Å². The fraction of sp³-hybridized carbons (Fsp3) is 0.188. The van der Waals surface area contributed by atoms with E-state index in [1.807, 2.05) is 43.5 Å². The largest absolute Gasteiger partial charge is 0.493 e. The lowest BCUT2D eigenvalue weighted by Crippen LogP contribution is -1.97. The highest BCUT2D eigenvalue weighted by atomic mass is 16.5. The normalized spacial score (nSPS) is 10.8. The Hall–Kier alpha value is -2.49. The summed E-state index contributed by atoms with van der Waals surface area (Å²) >= 11 is 0. The molecule has 0 aliphatic rings. The van der Waals surface area contributed by atoms with Crippen LogP contribution < -0.4 is 4.74 Å². The van der Waals surface area contributed by atoms with Gasteiger partial charge in [-0.05, 0) is 37.3 Å². The van der Waals surface area contributed by atoms with Gasteiger partial charge in [-0.15, -0.1) is 0 Å². The van der Waals surface area contributed by atoms with Gasteiger partial charge in [-0.25, -0.2) is 0 Å². The van der Waals surface area contributed by atoms with Crippen molar-refractivity contribution in [3.63, 3.8) is 0 Å². The first kappa shape index (κ1) is 12.5.